The lowest BCUT2D eigenvalue weighted by atomic mass is 9.79. The minimum absolute atomic E-state index is 0.0452. The molecule has 0 saturated heterocycles. The highest BCUT2D eigenvalue weighted by Crippen LogP contribution is 2.30. The minimum Gasteiger partial charge on any atom is -0.354 e. The van der Waals surface area contributed by atoms with Crippen LogP contribution in [0.3, 0.4) is 0 Å². The first-order valence-corrected chi connectivity index (χ1v) is 7.60. The van der Waals surface area contributed by atoms with Gasteiger partial charge in [-0.25, -0.2) is 0 Å². The molecule has 1 atom stereocenters. The Morgan fingerprint density at radius 3 is 2.42 bits per heavy atom. The molecule has 0 radical (unpaired) electrons. The van der Waals surface area contributed by atoms with Crippen LogP contribution in [0.15, 0.2) is 0 Å². The van der Waals surface area contributed by atoms with Gasteiger partial charge in [0.05, 0.1) is 0 Å². The number of hydrogen-bond acceptors (Lipinski definition) is 3. The molecule has 0 aliphatic heterocycles. The molecule has 19 heavy (non-hydrogen) atoms. The van der Waals surface area contributed by atoms with Crippen molar-refractivity contribution in [1.29, 1.82) is 0 Å². The van der Waals surface area contributed by atoms with Gasteiger partial charge in [0.2, 0.25) is 5.91 Å². The van der Waals surface area contributed by atoms with E-state index in [1.54, 1.807) is 0 Å². The van der Waals surface area contributed by atoms with E-state index in [-0.39, 0.29) is 17.5 Å². The summed E-state index contributed by atoms with van der Waals surface area (Å²) in [6, 6.07) is 0.257. The van der Waals surface area contributed by atoms with Gasteiger partial charge in [0.15, 0.2) is 0 Å². The average molecular weight is 269 g/mol. The number of hydrogen-bond donors (Lipinski definition) is 2. The quantitative estimate of drug-likeness (QED) is 0.740. The summed E-state index contributed by atoms with van der Waals surface area (Å²) < 4.78 is 0. The molecule has 4 heteroatoms. The molecule has 1 saturated carbocycles. The van der Waals surface area contributed by atoms with Crippen molar-refractivity contribution < 1.29 is 4.79 Å². The lowest BCUT2D eigenvalue weighted by Gasteiger charge is -2.37. The highest BCUT2D eigenvalue weighted by Gasteiger charge is 2.32. The van der Waals surface area contributed by atoms with Gasteiger partial charge in [0, 0.05) is 18.0 Å². The molecule has 1 aliphatic carbocycles. The van der Waals surface area contributed by atoms with Crippen molar-refractivity contribution >= 4 is 5.91 Å². The second kappa shape index (κ2) is 7.85. The molecule has 1 fully saturated rings. The van der Waals surface area contributed by atoms with Crippen LogP contribution >= 0.6 is 0 Å². The molecule has 0 bridgehead atoms. The molecule has 1 aliphatic rings. The van der Waals surface area contributed by atoms with Gasteiger partial charge in [-0.1, -0.05) is 19.3 Å². The molecule has 0 spiro atoms. The fourth-order valence-electron chi connectivity index (χ4n) is 2.90. The van der Waals surface area contributed by atoms with Gasteiger partial charge in [0.25, 0.3) is 0 Å². The van der Waals surface area contributed by atoms with Crippen molar-refractivity contribution in [3.63, 3.8) is 0 Å². The summed E-state index contributed by atoms with van der Waals surface area (Å²) in [6.45, 7) is 3.10. The summed E-state index contributed by atoms with van der Waals surface area (Å²) in [5, 5.41) is 6.54. The molecule has 0 aromatic heterocycles. The molecule has 4 nitrogen and oxygen atoms in total. The van der Waals surface area contributed by atoms with Crippen LogP contribution < -0.4 is 10.6 Å². The Kier molecular flexibility index (Phi) is 6.80. The van der Waals surface area contributed by atoms with Crippen molar-refractivity contribution in [1.82, 2.24) is 15.5 Å². The molecular weight excluding hydrogens is 238 g/mol. The molecular formula is C15H31N3O. The number of carbonyl (C=O) groups is 1. The fourth-order valence-corrected chi connectivity index (χ4v) is 2.90. The molecule has 2 N–H and O–H groups in total. The average Bonchev–Trinajstić information content (AvgIpc) is 2.37. The van der Waals surface area contributed by atoms with Crippen molar-refractivity contribution in [2.24, 2.45) is 0 Å². The second-order valence-electron chi connectivity index (χ2n) is 6.33. The van der Waals surface area contributed by atoms with E-state index in [1.165, 1.54) is 19.3 Å². The highest BCUT2D eigenvalue weighted by molar-refractivity contribution is 5.77. The third-order valence-electron chi connectivity index (χ3n) is 4.26. The normalized spacial score (nSPS) is 20.3. The number of nitrogens with one attached hydrogen (secondary N) is 2. The van der Waals surface area contributed by atoms with E-state index in [9.17, 15) is 4.79 Å². The van der Waals surface area contributed by atoms with Gasteiger partial charge in [-0.2, -0.15) is 0 Å². The largest absolute Gasteiger partial charge is 0.354 e. The standard InChI is InChI=1S/C15H31N3O/c1-13(8-11-18(3)4)17-14(19)12-15(16-2)9-6-5-7-10-15/h13,16H,5-12H2,1-4H3,(H,17,19). The van der Waals surface area contributed by atoms with Crippen LogP contribution in [0.2, 0.25) is 0 Å². The summed E-state index contributed by atoms with van der Waals surface area (Å²) in [6.07, 6.45) is 7.67. The molecule has 0 aromatic rings. The number of carbonyl (C=O) groups excluding carboxylic acids is 1. The number of rotatable bonds is 7. The fraction of sp³-hybridized carbons (Fsp3) is 0.933. The van der Waals surface area contributed by atoms with Crippen molar-refractivity contribution in [2.75, 3.05) is 27.7 Å². The Balaban J connectivity index is 2.36. The molecule has 0 heterocycles. The van der Waals surface area contributed by atoms with Crippen molar-refractivity contribution in [3.05, 3.63) is 0 Å². The maximum absolute atomic E-state index is 12.2. The van der Waals surface area contributed by atoms with Gasteiger partial charge < -0.3 is 15.5 Å². The molecule has 1 amide bonds. The van der Waals surface area contributed by atoms with Crippen LogP contribution in [0, 0.1) is 0 Å². The van der Waals surface area contributed by atoms with E-state index in [2.05, 4.69) is 36.6 Å². The van der Waals surface area contributed by atoms with Crippen LogP contribution in [0.5, 0.6) is 0 Å². The minimum atomic E-state index is 0.0452. The Morgan fingerprint density at radius 1 is 1.26 bits per heavy atom. The third-order valence-corrected chi connectivity index (χ3v) is 4.26. The van der Waals surface area contributed by atoms with Gasteiger partial charge >= 0.3 is 0 Å². The highest BCUT2D eigenvalue weighted by atomic mass is 16.1. The van der Waals surface area contributed by atoms with Crippen LogP contribution in [0.4, 0.5) is 0 Å². The smallest absolute Gasteiger partial charge is 0.222 e. The van der Waals surface area contributed by atoms with Crippen LogP contribution in [0.1, 0.15) is 51.9 Å². The first kappa shape index (κ1) is 16.4. The van der Waals surface area contributed by atoms with E-state index < -0.39 is 0 Å². The molecule has 0 aromatic carbocycles. The Hall–Kier alpha value is -0.610. The zero-order valence-electron chi connectivity index (χ0n) is 13.1. The van der Waals surface area contributed by atoms with Gasteiger partial charge in [-0.05, 0) is 53.9 Å². The van der Waals surface area contributed by atoms with Crippen LogP contribution in [0.25, 0.3) is 0 Å². The molecule has 1 unspecified atom stereocenters. The molecule has 112 valence electrons. The molecule has 1 rings (SSSR count). The van der Waals surface area contributed by atoms with Crippen molar-refractivity contribution in [3.8, 4) is 0 Å². The topological polar surface area (TPSA) is 44.4 Å². The van der Waals surface area contributed by atoms with Crippen LogP contribution in [-0.4, -0.2) is 50.1 Å². The van der Waals surface area contributed by atoms with Gasteiger partial charge in [0.1, 0.15) is 0 Å². The first-order valence-electron chi connectivity index (χ1n) is 7.60. The third kappa shape index (κ3) is 5.91. The Bertz CT molecular complexity index is 273. The lowest BCUT2D eigenvalue weighted by molar-refractivity contribution is -0.123. The monoisotopic (exact) mass is 269 g/mol. The predicted octanol–water partition coefficient (Wildman–Crippen LogP) is 1.76. The Morgan fingerprint density at radius 2 is 1.89 bits per heavy atom. The zero-order valence-corrected chi connectivity index (χ0v) is 13.1. The summed E-state index contributed by atoms with van der Waals surface area (Å²) >= 11 is 0. The second-order valence-corrected chi connectivity index (χ2v) is 6.33. The number of nitrogens with zero attached hydrogens (tertiary/aromatic N) is 1. The summed E-state index contributed by atoms with van der Waals surface area (Å²) in [5.41, 5.74) is 0.0452. The first-order chi connectivity index (χ1) is 8.97. The van der Waals surface area contributed by atoms with E-state index in [0.29, 0.717) is 6.42 Å². The zero-order chi connectivity index (χ0) is 14.3. The van der Waals surface area contributed by atoms with E-state index >= 15 is 0 Å². The Labute approximate surface area is 118 Å². The van der Waals surface area contributed by atoms with Crippen molar-refractivity contribution in [2.45, 2.75) is 63.5 Å². The maximum Gasteiger partial charge on any atom is 0.222 e. The van der Waals surface area contributed by atoms with Gasteiger partial charge in [-0.3, -0.25) is 4.79 Å². The van der Waals surface area contributed by atoms with Gasteiger partial charge in [-0.15, -0.1) is 0 Å². The van der Waals surface area contributed by atoms with Crippen LogP contribution in [-0.2, 0) is 4.79 Å². The van der Waals surface area contributed by atoms with E-state index in [4.69, 9.17) is 0 Å². The summed E-state index contributed by atoms with van der Waals surface area (Å²) in [4.78, 5) is 14.3. The number of amides is 1. The van der Waals surface area contributed by atoms with E-state index in [1.807, 2.05) is 7.05 Å². The summed E-state index contributed by atoms with van der Waals surface area (Å²) in [7, 11) is 6.12. The maximum atomic E-state index is 12.2. The SMILES string of the molecule is CNC1(CC(=O)NC(C)CCN(C)C)CCCCC1. The van der Waals surface area contributed by atoms with E-state index in [0.717, 1.165) is 25.8 Å². The predicted molar refractivity (Wildman–Crippen MR) is 80.3 cm³/mol. The summed E-state index contributed by atoms with van der Waals surface area (Å²) in [5.74, 6) is 0.197. The lowest BCUT2D eigenvalue weighted by Crippen LogP contribution is -2.49.